The van der Waals surface area contributed by atoms with E-state index in [4.69, 9.17) is 0 Å². The van der Waals surface area contributed by atoms with Crippen LogP contribution in [0, 0.1) is 13.8 Å². The maximum Gasteiger partial charge on any atom is 0.390 e. The second-order valence-electron chi connectivity index (χ2n) is 5.04. The van der Waals surface area contributed by atoms with Crippen LogP contribution in [-0.2, 0) is 6.42 Å². The fraction of sp³-hybridized carbons (Fsp3) is 0.533. The zero-order valence-corrected chi connectivity index (χ0v) is 15.4. The molecular formula is C15H23F3IN3. The molecule has 0 unspecified atom stereocenters. The first-order valence-electron chi connectivity index (χ1n) is 6.88. The van der Waals surface area contributed by atoms with Gasteiger partial charge in [0.25, 0.3) is 0 Å². The first kappa shape index (κ1) is 21.0. The van der Waals surface area contributed by atoms with Crippen molar-refractivity contribution in [3.63, 3.8) is 0 Å². The number of halogens is 4. The zero-order chi connectivity index (χ0) is 15.9. The summed E-state index contributed by atoms with van der Waals surface area (Å²) >= 11 is 0. The lowest BCUT2D eigenvalue weighted by Gasteiger charge is -2.13. The lowest BCUT2D eigenvalue weighted by Crippen LogP contribution is -2.39. The van der Waals surface area contributed by atoms with Gasteiger partial charge in [0.15, 0.2) is 5.96 Å². The molecular weight excluding hydrogens is 406 g/mol. The number of nitrogens with one attached hydrogen (secondary N) is 2. The van der Waals surface area contributed by atoms with Gasteiger partial charge in [-0.25, -0.2) is 0 Å². The Morgan fingerprint density at radius 3 is 2.09 bits per heavy atom. The fourth-order valence-electron chi connectivity index (χ4n) is 2.08. The molecule has 1 aromatic carbocycles. The van der Waals surface area contributed by atoms with Crippen molar-refractivity contribution < 1.29 is 13.2 Å². The molecule has 0 amide bonds. The topological polar surface area (TPSA) is 36.4 Å². The number of aryl methyl sites for hydroxylation is 2. The highest BCUT2D eigenvalue weighted by Crippen LogP contribution is 2.18. The number of rotatable bonds is 5. The summed E-state index contributed by atoms with van der Waals surface area (Å²) in [6, 6.07) is 6.32. The molecule has 0 heterocycles. The predicted molar refractivity (Wildman–Crippen MR) is 95.1 cm³/mol. The third-order valence-corrected chi connectivity index (χ3v) is 2.91. The van der Waals surface area contributed by atoms with E-state index in [1.165, 1.54) is 16.7 Å². The van der Waals surface area contributed by atoms with Crippen molar-refractivity contribution in [2.75, 3.05) is 20.1 Å². The molecule has 0 fully saturated rings. The normalized spacial score (nSPS) is 11.8. The summed E-state index contributed by atoms with van der Waals surface area (Å²) < 4.78 is 36.2. The van der Waals surface area contributed by atoms with Crippen LogP contribution in [-0.4, -0.2) is 32.3 Å². The maximum atomic E-state index is 12.1. The molecule has 2 N–H and O–H groups in total. The van der Waals surface area contributed by atoms with E-state index in [9.17, 15) is 13.2 Å². The number of nitrogens with zero attached hydrogens (tertiary/aromatic N) is 1. The van der Waals surface area contributed by atoms with Crippen molar-refractivity contribution in [1.82, 2.24) is 10.6 Å². The molecule has 0 saturated carbocycles. The molecule has 0 aliphatic heterocycles. The number of aliphatic imine (C=N–C) groups is 1. The molecule has 0 aliphatic carbocycles. The van der Waals surface area contributed by atoms with E-state index < -0.39 is 12.6 Å². The predicted octanol–water partition coefficient (Wildman–Crippen LogP) is 3.58. The van der Waals surface area contributed by atoms with Gasteiger partial charge in [0.1, 0.15) is 0 Å². The summed E-state index contributed by atoms with van der Waals surface area (Å²) in [5, 5.41) is 5.67. The van der Waals surface area contributed by atoms with E-state index in [1.54, 1.807) is 7.05 Å². The summed E-state index contributed by atoms with van der Waals surface area (Å²) in [7, 11) is 1.54. The highest BCUT2D eigenvalue weighted by molar-refractivity contribution is 14.0. The monoisotopic (exact) mass is 429 g/mol. The molecule has 0 spiro atoms. The van der Waals surface area contributed by atoms with Crippen LogP contribution in [0.3, 0.4) is 0 Å². The van der Waals surface area contributed by atoms with Crippen molar-refractivity contribution in [2.24, 2.45) is 4.99 Å². The molecule has 1 rings (SSSR count). The van der Waals surface area contributed by atoms with E-state index in [-0.39, 0.29) is 30.5 Å². The van der Waals surface area contributed by atoms with Gasteiger partial charge in [-0.2, -0.15) is 13.2 Å². The van der Waals surface area contributed by atoms with Crippen LogP contribution in [0.2, 0.25) is 0 Å². The Morgan fingerprint density at radius 1 is 1.05 bits per heavy atom. The van der Waals surface area contributed by atoms with E-state index >= 15 is 0 Å². The van der Waals surface area contributed by atoms with Gasteiger partial charge in [-0.15, -0.1) is 24.0 Å². The molecule has 22 heavy (non-hydrogen) atoms. The van der Waals surface area contributed by atoms with Crippen LogP contribution in [0.5, 0.6) is 0 Å². The first-order chi connectivity index (χ1) is 9.80. The number of hydrogen-bond acceptors (Lipinski definition) is 1. The van der Waals surface area contributed by atoms with Gasteiger partial charge >= 0.3 is 6.18 Å². The Kier molecular flexibility index (Phi) is 9.47. The van der Waals surface area contributed by atoms with Gasteiger partial charge in [-0.05, 0) is 25.8 Å². The minimum atomic E-state index is -4.15. The molecule has 7 heteroatoms. The van der Waals surface area contributed by atoms with Gasteiger partial charge in [0.05, 0.1) is 6.42 Å². The highest BCUT2D eigenvalue weighted by Gasteiger charge is 2.26. The molecule has 0 bridgehead atoms. The molecule has 0 aliphatic rings. The Morgan fingerprint density at radius 2 is 1.59 bits per heavy atom. The first-order valence-corrected chi connectivity index (χ1v) is 6.88. The third kappa shape index (κ3) is 9.11. The van der Waals surface area contributed by atoms with Crippen molar-refractivity contribution in [1.29, 1.82) is 0 Å². The van der Waals surface area contributed by atoms with Gasteiger partial charge in [-0.3, -0.25) is 4.99 Å². The third-order valence-electron chi connectivity index (χ3n) is 2.91. The van der Waals surface area contributed by atoms with Gasteiger partial charge in [0, 0.05) is 20.1 Å². The van der Waals surface area contributed by atoms with Crippen LogP contribution in [0.1, 0.15) is 23.1 Å². The van der Waals surface area contributed by atoms with Crippen LogP contribution < -0.4 is 10.6 Å². The van der Waals surface area contributed by atoms with Gasteiger partial charge in [-0.1, -0.05) is 29.3 Å². The Balaban J connectivity index is 0.00000441. The zero-order valence-electron chi connectivity index (χ0n) is 13.0. The van der Waals surface area contributed by atoms with Crippen molar-refractivity contribution in [3.05, 3.63) is 34.9 Å². The number of alkyl halides is 3. The summed E-state index contributed by atoms with van der Waals surface area (Å²) in [5.74, 6) is 0.392. The second kappa shape index (κ2) is 9.91. The number of guanidine groups is 1. The van der Waals surface area contributed by atoms with Crippen molar-refractivity contribution in [2.45, 2.75) is 32.9 Å². The van der Waals surface area contributed by atoms with E-state index in [0.29, 0.717) is 12.5 Å². The smallest absolute Gasteiger partial charge is 0.356 e. The van der Waals surface area contributed by atoms with Gasteiger partial charge < -0.3 is 10.6 Å². The van der Waals surface area contributed by atoms with Crippen molar-refractivity contribution >= 4 is 29.9 Å². The fourth-order valence-corrected chi connectivity index (χ4v) is 2.08. The second-order valence-corrected chi connectivity index (χ2v) is 5.04. The number of benzene rings is 1. The molecule has 3 nitrogen and oxygen atoms in total. The van der Waals surface area contributed by atoms with Gasteiger partial charge in [0.2, 0.25) is 0 Å². The lowest BCUT2D eigenvalue weighted by molar-refractivity contribution is -0.132. The Hall–Kier alpha value is -0.990. The standard InChI is InChI=1S/C15H22F3N3.HI/c1-11-8-12(2)10-13(9-11)4-6-20-14(19-3)21-7-5-15(16,17)18;/h8-10H,4-7H2,1-3H3,(H2,19,20,21);1H. The molecule has 0 aromatic heterocycles. The molecule has 0 saturated heterocycles. The lowest BCUT2D eigenvalue weighted by atomic mass is 10.1. The Labute approximate surface area is 146 Å². The van der Waals surface area contributed by atoms with E-state index in [2.05, 4.69) is 33.8 Å². The van der Waals surface area contributed by atoms with Crippen LogP contribution in [0.15, 0.2) is 23.2 Å². The molecule has 126 valence electrons. The quantitative estimate of drug-likeness (QED) is 0.427. The van der Waals surface area contributed by atoms with Crippen molar-refractivity contribution in [3.8, 4) is 0 Å². The van der Waals surface area contributed by atoms with Crippen LogP contribution in [0.4, 0.5) is 13.2 Å². The molecule has 0 atom stereocenters. The highest BCUT2D eigenvalue weighted by atomic mass is 127. The maximum absolute atomic E-state index is 12.1. The molecule has 1 aromatic rings. The number of hydrogen-bond donors (Lipinski definition) is 2. The average molecular weight is 429 g/mol. The largest absolute Gasteiger partial charge is 0.390 e. The molecule has 0 radical (unpaired) electrons. The van der Waals surface area contributed by atoms with E-state index in [1.807, 2.05) is 13.8 Å². The van der Waals surface area contributed by atoms with Crippen LogP contribution in [0.25, 0.3) is 0 Å². The SMILES string of the molecule is CN=C(NCCc1cc(C)cc(C)c1)NCCC(F)(F)F.I. The average Bonchev–Trinajstić information content (AvgIpc) is 2.34. The minimum Gasteiger partial charge on any atom is -0.356 e. The summed E-state index contributed by atoms with van der Waals surface area (Å²) in [6.45, 7) is 4.53. The summed E-state index contributed by atoms with van der Waals surface area (Å²) in [6.07, 6.45) is -4.22. The Bertz CT molecular complexity index is 467. The van der Waals surface area contributed by atoms with Crippen LogP contribution >= 0.6 is 24.0 Å². The van der Waals surface area contributed by atoms with E-state index in [0.717, 1.165) is 6.42 Å². The summed E-state index contributed by atoms with van der Waals surface area (Å²) in [5.41, 5.74) is 3.61. The summed E-state index contributed by atoms with van der Waals surface area (Å²) in [4.78, 5) is 3.90. The minimum absolute atomic E-state index is 0.